The molecule has 2 unspecified atom stereocenters. The van der Waals surface area contributed by atoms with E-state index in [1.54, 1.807) is 21.1 Å². The average Bonchev–Trinajstić information content (AvgIpc) is 3.24. The lowest BCUT2D eigenvalue weighted by molar-refractivity contribution is -0.889. The highest BCUT2D eigenvalue weighted by Gasteiger charge is 2.25. The number of allylic oxidation sites excluding steroid dienone is 10. The summed E-state index contributed by atoms with van der Waals surface area (Å²) >= 11 is 0. The molecule has 0 spiro atoms. The number of carboxylic acid groups (broad SMARTS) is 1. The minimum absolute atomic E-state index is 0.0271. The molecule has 0 aliphatic carbocycles. The Labute approximate surface area is 388 Å². The summed E-state index contributed by atoms with van der Waals surface area (Å²) in [7, 11) is 5.40. The van der Waals surface area contributed by atoms with Crippen molar-refractivity contribution in [3.63, 3.8) is 0 Å². The number of quaternary nitrogens is 1. The van der Waals surface area contributed by atoms with Crippen LogP contribution in [0.5, 0.6) is 0 Å². The van der Waals surface area contributed by atoms with Crippen LogP contribution in [-0.4, -0.2) is 75.5 Å². The summed E-state index contributed by atoms with van der Waals surface area (Å²) in [6, 6.07) is -0.734. The quantitative estimate of drug-likeness (QED) is 0.0260. The van der Waals surface area contributed by atoms with Crippen LogP contribution in [0.1, 0.15) is 219 Å². The third-order valence-corrected chi connectivity index (χ3v) is 11.4. The van der Waals surface area contributed by atoms with Crippen molar-refractivity contribution in [3.05, 3.63) is 60.8 Å². The van der Waals surface area contributed by atoms with Gasteiger partial charge in [0.1, 0.15) is 12.6 Å². The van der Waals surface area contributed by atoms with Crippen LogP contribution < -0.4 is 5.11 Å². The van der Waals surface area contributed by atoms with Crippen molar-refractivity contribution in [2.75, 3.05) is 41.0 Å². The first-order valence-electron chi connectivity index (χ1n) is 25.8. The molecule has 0 aromatic heterocycles. The van der Waals surface area contributed by atoms with E-state index in [1.807, 2.05) is 0 Å². The molecule has 0 radical (unpaired) electrons. The molecule has 0 amide bonds. The number of nitrogens with zero attached hydrogens (tertiary/aromatic N) is 1. The number of carboxylic acids is 1. The van der Waals surface area contributed by atoms with Gasteiger partial charge in [0.2, 0.25) is 0 Å². The van der Waals surface area contributed by atoms with E-state index in [1.165, 1.54) is 109 Å². The maximum atomic E-state index is 12.8. The standard InChI is InChI=1S/C55H97NO7/c1-6-8-10-12-14-16-18-20-22-24-26-28-29-31-33-35-37-39-41-43-45-53(57)62-50-51(49-61-48-47-52(55(59)60)56(3,4)5)63-54(58)46-44-42-40-38-36-34-32-30-27-25-23-21-19-17-15-13-11-9-7-2/h9,11,15,17,21,23,27,30,34,36,51-52H,6-8,10,12-14,16,18-20,22,24-26,28-29,31-33,35,37-50H2,1-5H3/b11-9+,17-15+,23-21+,30-27+,36-34+. The molecule has 0 aliphatic rings. The monoisotopic (exact) mass is 884 g/mol. The molecule has 0 aromatic carbocycles. The number of ether oxygens (including phenoxy) is 3. The molecule has 0 N–H and O–H groups in total. The van der Waals surface area contributed by atoms with Gasteiger partial charge in [-0.3, -0.25) is 9.59 Å². The molecule has 0 aliphatic heterocycles. The summed E-state index contributed by atoms with van der Waals surface area (Å²) in [4.78, 5) is 37.0. The number of likely N-dealkylation sites (N-methyl/N-ethyl adjacent to an activating group) is 1. The zero-order valence-electron chi connectivity index (χ0n) is 41.5. The van der Waals surface area contributed by atoms with Gasteiger partial charge >= 0.3 is 11.9 Å². The van der Waals surface area contributed by atoms with E-state index in [4.69, 9.17) is 14.2 Å². The Morgan fingerprint density at radius 3 is 1.32 bits per heavy atom. The Morgan fingerprint density at radius 2 is 0.889 bits per heavy atom. The van der Waals surface area contributed by atoms with Gasteiger partial charge in [0.15, 0.2) is 6.10 Å². The number of rotatable bonds is 46. The predicted octanol–water partition coefficient (Wildman–Crippen LogP) is 13.6. The first-order chi connectivity index (χ1) is 30.6. The van der Waals surface area contributed by atoms with Crippen molar-refractivity contribution >= 4 is 17.9 Å². The van der Waals surface area contributed by atoms with Crippen LogP contribution in [-0.2, 0) is 28.6 Å². The fourth-order valence-corrected chi connectivity index (χ4v) is 7.45. The van der Waals surface area contributed by atoms with Crippen molar-refractivity contribution < 1.29 is 38.2 Å². The van der Waals surface area contributed by atoms with Crippen LogP contribution >= 0.6 is 0 Å². The summed E-state index contributed by atoms with van der Waals surface area (Å²) in [5.41, 5.74) is 0. The largest absolute Gasteiger partial charge is 0.544 e. The minimum Gasteiger partial charge on any atom is -0.544 e. The van der Waals surface area contributed by atoms with Gasteiger partial charge < -0.3 is 28.6 Å². The number of unbranched alkanes of at least 4 members (excludes halogenated alkanes) is 22. The van der Waals surface area contributed by atoms with Crippen LogP contribution in [0.3, 0.4) is 0 Å². The maximum absolute atomic E-state index is 12.8. The molecule has 0 fully saturated rings. The fraction of sp³-hybridized carbons (Fsp3) is 0.764. The summed E-state index contributed by atoms with van der Waals surface area (Å²) < 4.78 is 17.2. The molecule has 8 heteroatoms. The Morgan fingerprint density at radius 1 is 0.492 bits per heavy atom. The number of carbonyl (C=O) groups excluding carboxylic acids is 3. The highest BCUT2D eigenvalue weighted by molar-refractivity contribution is 5.70. The van der Waals surface area contributed by atoms with Gasteiger partial charge in [-0.2, -0.15) is 0 Å². The third-order valence-electron chi connectivity index (χ3n) is 11.4. The smallest absolute Gasteiger partial charge is 0.306 e. The third kappa shape index (κ3) is 44.0. The van der Waals surface area contributed by atoms with Gasteiger partial charge in [-0.15, -0.1) is 0 Å². The van der Waals surface area contributed by atoms with Crippen molar-refractivity contribution in [1.29, 1.82) is 0 Å². The van der Waals surface area contributed by atoms with Crippen molar-refractivity contribution in [1.82, 2.24) is 0 Å². The van der Waals surface area contributed by atoms with E-state index in [-0.39, 0.29) is 49.1 Å². The summed E-state index contributed by atoms with van der Waals surface area (Å²) in [6.07, 6.45) is 56.8. The normalized spacial score (nSPS) is 13.3. The number of esters is 2. The van der Waals surface area contributed by atoms with Gasteiger partial charge in [-0.05, 0) is 57.8 Å². The van der Waals surface area contributed by atoms with Crippen LogP contribution in [0.25, 0.3) is 0 Å². The molecular formula is C55H97NO7. The first kappa shape index (κ1) is 60.0. The van der Waals surface area contributed by atoms with E-state index >= 15 is 0 Å². The molecule has 0 rings (SSSR count). The molecule has 0 saturated heterocycles. The fourth-order valence-electron chi connectivity index (χ4n) is 7.45. The van der Waals surface area contributed by atoms with E-state index in [2.05, 4.69) is 74.6 Å². The van der Waals surface area contributed by atoms with Crippen LogP contribution in [0.2, 0.25) is 0 Å². The maximum Gasteiger partial charge on any atom is 0.306 e. The Bertz CT molecular complexity index is 1210. The lowest BCUT2D eigenvalue weighted by Crippen LogP contribution is -2.55. The SMILES string of the molecule is CC/C=C/C/C=C/C/C=C/C/C=C/C/C=C/CCCCCC(=O)OC(COCCC(C(=O)[O-])[N+](C)(C)C)COC(=O)CCCCCCCCCCCCCCCCCCCCCC. The molecule has 8 nitrogen and oxygen atoms in total. The van der Waals surface area contributed by atoms with Crippen molar-refractivity contribution in [2.45, 2.75) is 231 Å². The molecule has 0 saturated carbocycles. The molecule has 0 aromatic rings. The topological polar surface area (TPSA) is 102 Å². The molecular weight excluding hydrogens is 787 g/mol. The number of carbonyl (C=O) groups is 3. The van der Waals surface area contributed by atoms with Crippen LogP contribution in [0.4, 0.5) is 0 Å². The van der Waals surface area contributed by atoms with Crippen molar-refractivity contribution in [3.8, 4) is 0 Å². The number of hydrogen-bond acceptors (Lipinski definition) is 7. The van der Waals surface area contributed by atoms with Crippen molar-refractivity contribution in [2.24, 2.45) is 0 Å². The van der Waals surface area contributed by atoms with Gasteiger partial charge in [0.25, 0.3) is 0 Å². The number of hydrogen-bond donors (Lipinski definition) is 0. The molecule has 0 heterocycles. The Kier molecular flexibility index (Phi) is 43.4. The van der Waals surface area contributed by atoms with Crippen LogP contribution in [0.15, 0.2) is 60.8 Å². The average molecular weight is 884 g/mol. The molecule has 2 atom stereocenters. The zero-order valence-corrected chi connectivity index (χ0v) is 41.5. The number of aliphatic carboxylic acids is 1. The second kappa shape index (κ2) is 45.6. The lowest BCUT2D eigenvalue weighted by Gasteiger charge is -2.34. The summed E-state index contributed by atoms with van der Waals surface area (Å²) in [5.74, 6) is -1.77. The zero-order chi connectivity index (χ0) is 46.3. The van der Waals surface area contributed by atoms with Gasteiger partial charge in [0, 0.05) is 19.3 Å². The Hall–Kier alpha value is -2.97. The minimum atomic E-state index is -1.13. The molecule has 63 heavy (non-hydrogen) atoms. The predicted molar refractivity (Wildman–Crippen MR) is 263 cm³/mol. The van der Waals surface area contributed by atoms with E-state index < -0.39 is 18.1 Å². The van der Waals surface area contributed by atoms with Gasteiger partial charge in [-0.1, -0.05) is 203 Å². The molecule has 0 bridgehead atoms. The molecule has 364 valence electrons. The van der Waals surface area contributed by atoms with E-state index in [0.717, 1.165) is 70.6 Å². The van der Waals surface area contributed by atoms with Crippen LogP contribution in [0, 0.1) is 0 Å². The second-order valence-corrected chi connectivity index (χ2v) is 18.4. The second-order valence-electron chi connectivity index (χ2n) is 18.4. The highest BCUT2D eigenvalue weighted by Crippen LogP contribution is 2.16. The summed E-state index contributed by atoms with van der Waals surface area (Å²) in [6.45, 7) is 4.54. The highest BCUT2D eigenvalue weighted by atomic mass is 16.6. The lowest BCUT2D eigenvalue weighted by atomic mass is 10.0. The van der Waals surface area contributed by atoms with Gasteiger partial charge in [0.05, 0.1) is 40.3 Å². The van der Waals surface area contributed by atoms with E-state index in [0.29, 0.717) is 12.8 Å². The van der Waals surface area contributed by atoms with Gasteiger partial charge in [-0.25, -0.2) is 0 Å². The van der Waals surface area contributed by atoms with E-state index in [9.17, 15) is 19.5 Å². The summed E-state index contributed by atoms with van der Waals surface area (Å²) in [5, 5.41) is 11.7. The Balaban J connectivity index is 4.29. The first-order valence-corrected chi connectivity index (χ1v) is 25.8.